The van der Waals surface area contributed by atoms with E-state index in [1.807, 2.05) is 0 Å². The van der Waals surface area contributed by atoms with Crippen molar-refractivity contribution >= 4 is 11.2 Å². The topological polar surface area (TPSA) is 36.0 Å². The van der Waals surface area contributed by atoms with Crippen molar-refractivity contribution in [2.24, 2.45) is 0 Å². The van der Waals surface area contributed by atoms with Crippen LogP contribution in [0.15, 0.2) is 17.2 Å². The van der Waals surface area contributed by atoms with E-state index in [2.05, 4.69) is 45.7 Å². The fourth-order valence-corrected chi connectivity index (χ4v) is 2.39. The Kier molecular flexibility index (Phi) is 4.02. The second-order valence-corrected chi connectivity index (χ2v) is 6.81. The third kappa shape index (κ3) is 2.98. The monoisotopic (exact) mass is 239 g/mol. The van der Waals surface area contributed by atoms with Gasteiger partial charge in [0.05, 0.1) is 6.20 Å². The molecular weight excluding hydrogens is 218 g/mol. The molecule has 2 nitrogen and oxygen atoms in total. The molecule has 1 rings (SSSR count). The van der Waals surface area contributed by atoms with Crippen molar-refractivity contribution in [3.05, 3.63) is 23.5 Å². The summed E-state index contributed by atoms with van der Waals surface area (Å²) in [7, 11) is 0. The van der Waals surface area contributed by atoms with Crippen LogP contribution in [0.3, 0.4) is 0 Å². The first-order valence-electron chi connectivity index (χ1n) is 5.57. The Bertz CT molecular complexity index is 367. The van der Waals surface area contributed by atoms with Gasteiger partial charge in [-0.2, -0.15) is 0 Å². The van der Waals surface area contributed by atoms with Crippen LogP contribution >= 0.6 is 0 Å². The second-order valence-electron chi connectivity index (χ2n) is 5.47. The predicted molar refractivity (Wildman–Crippen MR) is 69.4 cm³/mol. The van der Waals surface area contributed by atoms with Gasteiger partial charge in [-0.3, -0.25) is 4.98 Å². The van der Waals surface area contributed by atoms with Crippen LogP contribution in [-0.4, -0.2) is 15.8 Å². The fourth-order valence-electron chi connectivity index (χ4n) is 1.56. The van der Waals surface area contributed by atoms with E-state index in [4.69, 9.17) is 0 Å². The third-order valence-electron chi connectivity index (χ3n) is 2.60. The molecule has 0 spiro atoms. The molecule has 1 aromatic rings. The van der Waals surface area contributed by atoms with E-state index >= 15 is 0 Å². The molecule has 90 valence electrons. The van der Waals surface area contributed by atoms with Crippen molar-refractivity contribution in [1.82, 2.24) is 4.98 Å². The van der Waals surface area contributed by atoms with Crippen LogP contribution < -0.4 is 0 Å². The highest BCUT2D eigenvalue weighted by Gasteiger charge is 2.21. The molecule has 0 saturated heterocycles. The van der Waals surface area contributed by atoms with Gasteiger partial charge < -0.3 is 4.55 Å². The first-order chi connectivity index (χ1) is 7.23. The Morgan fingerprint density at radius 1 is 1.31 bits per heavy atom. The zero-order valence-corrected chi connectivity index (χ0v) is 11.8. The number of nitrogens with zero attached hydrogens (tertiary/aromatic N) is 1. The lowest BCUT2D eigenvalue weighted by Crippen LogP contribution is -2.16. The molecular formula is C13H21NOS. The first-order valence-corrected chi connectivity index (χ1v) is 7.13. The maximum absolute atomic E-state index is 11.6. The van der Waals surface area contributed by atoms with E-state index in [0.29, 0.717) is 5.92 Å². The standard InChI is InChI=1S/C13H21NOS/c1-9(2)10-7-12(13(3,4)5)14-8-11(10)16(6)15/h7-9H,1-6H3. The van der Waals surface area contributed by atoms with Gasteiger partial charge >= 0.3 is 0 Å². The highest BCUT2D eigenvalue weighted by molar-refractivity contribution is 7.90. The smallest absolute Gasteiger partial charge is 0.174 e. The van der Waals surface area contributed by atoms with E-state index in [0.717, 1.165) is 16.2 Å². The number of pyridine rings is 1. The lowest BCUT2D eigenvalue weighted by Gasteiger charge is -2.21. The van der Waals surface area contributed by atoms with Crippen LogP contribution in [0.1, 0.15) is 51.8 Å². The van der Waals surface area contributed by atoms with Crippen molar-refractivity contribution in [2.75, 3.05) is 6.26 Å². The normalized spacial score (nSPS) is 14.2. The van der Waals surface area contributed by atoms with Gasteiger partial charge in [-0.05, 0) is 23.2 Å². The summed E-state index contributed by atoms with van der Waals surface area (Å²) in [6.07, 6.45) is 3.48. The van der Waals surface area contributed by atoms with E-state index in [9.17, 15) is 4.55 Å². The van der Waals surface area contributed by atoms with Crippen LogP contribution in [0.5, 0.6) is 0 Å². The molecule has 1 atom stereocenters. The highest BCUT2D eigenvalue weighted by Crippen LogP contribution is 2.28. The highest BCUT2D eigenvalue weighted by atomic mass is 32.2. The number of hydrogen-bond donors (Lipinski definition) is 0. The third-order valence-corrected chi connectivity index (χ3v) is 3.56. The van der Waals surface area contributed by atoms with E-state index in [1.54, 1.807) is 12.5 Å². The molecule has 0 amide bonds. The Morgan fingerprint density at radius 2 is 1.88 bits per heavy atom. The quantitative estimate of drug-likeness (QED) is 0.743. The van der Waals surface area contributed by atoms with Gasteiger partial charge in [0.15, 0.2) is 4.90 Å². The molecule has 16 heavy (non-hydrogen) atoms. The summed E-state index contributed by atoms with van der Waals surface area (Å²) in [6, 6.07) is 2.10. The number of rotatable bonds is 2. The molecule has 0 aromatic carbocycles. The van der Waals surface area contributed by atoms with Crippen molar-refractivity contribution in [3.8, 4) is 0 Å². The minimum absolute atomic E-state index is 0.0391. The van der Waals surface area contributed by atoms with E-state index in [-0.39, 0.29) is 5.41 Å². The molecule has 0 saturated carbocycles. The summed E-state index contributed by atoms with van der Waals surface area (Å²) in [5, 5.41) is 0. The Hall–Kier alpha value is -0.540. The number of hydrogen-bond acceptors (Lipinski definition) is 2. The van der Waals surface area contributed by atoms with Crippen LogP contribution in [0.25, 0.3) is 0 Å². The average Bonchev–Trinajstić information content (AvgIpc) is 2.15. The molecule has 0 bridgehead atoms. The molecule has 1 unspecified atom stereocenters. The van der Waals surface area contributed by atoms with Crippen LogP contribution in [0.4, 0.5) is 0 Å². The molecule has 0 aliphatic carbocycles. The van der Waals surface area contributed by atoms with Gasteiger partial charge in [-0.1, -0.05) is 34.6 Å². The molecule has 0 N–H and O–H groups in total. The summed E-state index contributed by atoms with van der Waals surface area (Å²) >= 11 is -0.959. The Labute approximate surface area is 102 Å². The van der Waals surface area contributed by atoms with Crippen molar-refractivity contribution in [3.63, 3.8) is 0 Å². The van der Waals surface area contributed by atoms with Gasteiger partial charge in [0.1, 0.15) is 6.26 Å². The molecule has 0 aliphatic rings. The van der Waals surface area contributed by atoms with Gasteiger partial charge in [0, 0.05) is 16.7 Å². The second kappa shape index (κ2) is 4.76. The van der Waals surface area contributed by atoms with Crippen molar-refractivity contribution < 1.29 is 4.55 Å². The Morgan fingerprint density at radius 3 is 2.25 bits per heavy atom. The maximum atomic E-state index is 11.6. The van der Waals surface area contributed by atoms with E-state index < -0.39 is 11.2 Å². The first kappa shape index (κ1) is 13.5. The van der Waals surface area contributed by atoms with Crippen LogP contribution in [0, 0.1) is 0 Å². The summed E-state index contributed by atoms with van der Waals surface area (Å²) in [4.78, 5) is 5.29. The minimum atomic E-state index is -0.959. The summed E-state index contributed by atoms with van der Waals surface area (Å²) < 4.78 is 11.6. The van der Waals surface area contributed by atoms with Crippen LogP contribution in [0.2, 0.25) is 0 Å². The number of aromatic nitrogens is 1. The predicted octanol–water partition coefficient (Wildman–Crippen LogP) is 3.24. The zero-order chi connectivity index (χ0) is 12.5. The van der Waals surface area contributed by atoms with E-state index in [1.165, 1.54) is 0 Å². The molecule has 1 aromatic heterocycles. The molecule has 3 heteroatoms. The molecule has 1 heterocycles. The molecule has 0 radical (unpaired) electrons. The largest absolute Gasteiger partial charge is 0.612 e. The van der Waals surface area contributed by atoms with Crippen molar-refractivity contribution in [1.29, 1.82) is 0 Å². The fraction of sp³-hybridized carbons (Fsp3) is 0.615. The summed E-state index contributed by atoms with van der Waals surface area (Å²) in [6.45, 7) is 10.7. The Balaban J connectivity index is 3.29. The van der Waals surface area contributed by atoms with Gasteiger partial charge in [0.25, 0.3) is 0 Å². The lowest BCUT2D eigenvalue weighted by atomic mass is 9.89. The molecule has 0 fully saturated rings. The minimum Gasteiger partial charge on any atom is -0.612 e. The van der Waals surface area contributed by atoms with Crippen LogP contribution in [-0.2, 0) is 16.6 Å². The van der Waals surface area contributed by atoms with Gasteiger partial charge in [-0.25, -0.2) is 0 Å². The zero-order valence-electron chi connectivity index (χ0n) is 11.0. The van der Waals surface area contributed by atoms with Gasteiger partial charge in [-0.15, -0.1) is 0 Å². The maximum Gasteiger partial charge on any atom is 0.174 e. The van der Waals surface area contributed by atoms with Gasteiger partial charge in [0.2, 0.25) is 0 Å². The lowest BCUT2D eigenvalue weighted by molar-refractivity contribution is 0.562. The SMILES string of the molecule is CC(C)c1cc(C(C)(C)C)ncc1[S+](C)[O-]. The van der Waals surface area contributed by atoms with Crippen molar-refractivity contribution in [2.45, 2.75) is 50.8 Å². The summed E-state index contributed by atoms with van der Waals surface area (Å²) in [5.74, 6) is 0.378. The summed E-state index contributed by atoms with van der Waals surface area (Å²) in [5.41, 5.74) is 2.25. The molecule has 0 aliphatic heterocycles. The average molecular weight is 239 g/mol.